The van der Waals surface area contributed by atoms with Crippen molar-refractivity contribution in [3.8, 4) is 0 Å². The third-order valence-corrected chi connectivity index (χ3v) is 3.49. The van der Waals surface area contributed by atoms with Crippen LogP contribution in [0.15, 0.2) is 30.3 Å². The second kappa shape index (κ2) is 7.80. The molecular formula is C16H21NO3. The fourth-order valence-corrected chi connectivity index (χ4v) is 2.40. The smallest absolute Gasteiger partial charge is 0.327 e. The summed E-state index contributed by atoms with van der Waals surface area (Å²) in [5, 5.41) is 0. The van der Waals surface area contributed by atoms with Gasteiger partial charge < -0.3 is 4.74 Å². The number of hydrogen-bond acceptors (Lipinski definition) is 4. The minimum Gasteiger partial charge on any atom is -0.392 e. The van der Waals surface area contributed by atoms with Gasteiger partial charge in [-0.1, -0.05) is 36.8 Å². The lowest BCUT2D eigenvalue weighted by Gasteiger charge is -2.24. The minimum absolute atomic E-state index is 0.233. The van der Waals surface area contributed by atoms with Crippen LogP contribution in [0.3, 0.4) is 0 Å². The number of rotatable bonds is 5. The number of piperidine rings is 1. The first-order valence-corrected chi connectivity index (χ1v) is 7.24. The average Bonchev–Trinajstić information content (AvgIpc) is 2.47. The molecule has 0 radical (unpaired) electrons. The summed E-state index contributed by atoms with van der Waals surface area (Å²) in [7, 11) is 0. The molecule has 1 heterocycles. The molecule has 0 saturated carbocycles. The molecule has 0 unspecified atom stereocenters. The van der Waals surface area contributed by atoms with Crippen LogP contribution < -0.4 is 0 Å². The fraction of sp³-hybridized carbons (Fsp3) is 0.500. The topological polar surface area (TPSA) is 46.6 Å². The van der Waals surface area contributed by atoms with E-state index in [1.54, 1.807) is 0 Å². The van der Waals surface area contributed by atoms with Crippen LogP contribution in [0.4, 0.5) is 0 Å². The number of hydrogen-bond donors (Lipinski definition) is 0. The summed E-state index contributed by atoms with van der Waals surface area (Å²) in [5.74, 6) is -0.860. The third kappa shape index (κ3) is 5.13. The molecule has 1 aliphatic rings. The van der Waals surface area contributed by atoms with Gasteiger partial charge in [0, 0.05) is 0 Å². The SMILES string of the molecule is O=C(CCc1ccccc1)OC(=O)CN1CCCCC1. The maximum absolute atomic E-state index is 11.6. The second-order valence-corrected chi connectivity index (χ2v) is 5.17. The minimum atomic E-state index is -0.434. The highest BCUT2D eigenvalue weighted by Crippen LogP contribution is 2.08. The molecule has 1 aromatic carbocycles. The number of ether oxygens (including phenoxy) is 1. The molecule has 1 fully saturated rings. The van der Waals surface area contributed by atoms with Crippen molar-refractivity contribution in [3.63, 3.8) is 0 Å². The van der Waals surface area contributed by atoms with Crippen molar-refractivity contribution in [2.45, 2.75) is 32.1 Å². The zero-order valence-electron chi connectivity index (χ0n) is 11.7. The molecule has 4 nitrogen and oxygen atoms in total. The second-order valence-electron chi connectivity index (χ2n) is 5.17. The first-order chi connectivity index (χ1) is 9.74. The highest BCUT2D eigenvalue weighted by molar-refractivity contribution is 5.86. The Morgan fingerprint density at radius 2 is 1.70 bits per heavy atom. The van der Waals surface area contributed by atoms with E-state index in [2.05, 4.69) is 4.90 Å². The molecule has 20 heavy (non-hydrogen) atoms. The molecule has 108 valence electrons. The van der Waals surface area contributed by atoms with Crippen molar-refractivity contribution >= 4 is 11.9 Å². The summed E-state index contributed by atoms with van der Waals surface area (Å²) in [4.78, 5) is 25.3. The molecule has 0 amide bonds. The highest BCUT2D eigenvalue weighted by Gasteiger charge is 2.17. The number of nitrogens with zero attached hydrogens (tertiary/aromatic N) is 1. The highest BCUT2D eigenvalue weighted by atomic mass is 16.6. The van der Waals surface area contributed by atoms with E-state index >= 15 is 0 Å². The van der Waals surface area contributed by atoms with Gasteiger partial charge in [-0.2, -0.15) is 0 Å². The van der Waals surface area contributed by atoms with Gasteiger partial charge in [0.25, 0.3) is 0 Å². The van der Waals surface area contributed by atoms with Crippen molar-refractivity contribution < 1.29 is 14.3 Å². The number of aryl methyl sites for hydroxylation is 1. The van der Waals surface area contributed by atoms with Gasteiger partial charge in [-0.25, -0.2) is 0 Å². The zero-order chi connectivity index (χ0) is 14.2. The van der Waals surface area contributed by atoms with Gasteiger partial charge in [0.2, 0.25) is 0 Å². The zero-order valence-corrected chi connectivity index (χ0v) is 11.7. The van der Waals surface area contributed by atoms with Crippen LogP contribution in [0.2, 0.25) is 0 Å². The Balaban J connectivity index is 1.67. The molecule has 1 saturated heterocycles. The van der Waals surface area contributed by atoms with Crippen LogP contribution in [-0.4, -0.2) is 36.5 Å². The molecule has 4 heteroatoms. The van der Waals surface area contributed by atoms with Crippen molar-refractivity contribution in [1.82, 2.24) is 4.90 Å². The Bertz CT molecular complexity index is 438. The number of likely N-dealkylation sites (tertiary alicyclic amines) is 1. The Morgan fingerprint density at radius 1 is 1.00 bits per heavy atom. The summed E-state index contributed by atoms with van der Waals surface area (Å²) in [6.07, 6.45) is 4.32. The van der Waals surface area contributed by atoms with Crippen LogP contribution in [0, 0.1) is 0 Å². The van der Waals surface area contributed by atoms with Crippen LogP contribution in [0.25, 0.3) is 0 Å². The normalized spacial score (nSPS) is 15.8. The summed E-state index contributed by atoms with van der Waals surface area (Å²) < 4.78 is 4.86. The Kier molecular flexibility index (Phi) is 5.74. The number of carbonyl (C=O) groups excluding carboxylic acids is 2. The molecule has 0 spiro atoms. The molecular weight excluding hydrogens is 254 g/mol. The van der Waals surface area contributed by atoms with Crippen LogP contribution >= 0.6 is 0 Å². The van der Waals surface area contributed by atoms with Crippen molar-refractivity contribution in [2.24, 2.45) is 0 Å². The Labute approximate surface area is 119 Å². The van der Waals surface area contributed by atoms with Gasteiger partial charge in [-0.3, -0.25) is 14.5 Å². The quantitative estimate of drug-likeness (QED) is 0.610. The lowest BCUT2D eigenvalue weighted by atomic mass is 10.1. The van der Waals surface area contributed by atoms with Gasteiger partial charge in [0.1, 0.15) is 0 Å². The predicted octanol–water partition coefficient (Wildman–Crippen LogP) is 2.17. The molecule has 0 aliphatic carbocycles. The van der Waals surface area contributed by atoms with Gasteiger partial charge in [-0.05, 0) is 37.9 Å². The molecule has 1 aliphatic heterocycles. The van der Waals surface area contributed by atoms with Gasteiger partial charge in [-0.15, -0.1) is 0 Å². The van der Waals surface area contributed by atoms with Crippen molar-refractivity contribution in [3.05, 3.63) is 35.9 Å². The van der Waals surface area contributed by atoms with E-state index in [1.165, 1.54) is 6.42 Å². The number of benzene rings is 1. The van der Waals surface area contributed by atoms with Gasteiger partial charge >= 0.3 is 11.9 Å². The average molecular weight is 275 g/mol. The van der Waals surface area contributed by atoms with Gasteiger partial charge in [0.05, 0.1) is 13.0 Å². The lowest BCUT2D eigenvalue weighted by Crippen LogP contribution is -2.35. The number of carbonyl (C=O) groups is 2. The van der Waals surface area contributed by atoms with E-state index in [0.717, 1.165) is 31.5 Å². The van der Waals surface area contributed by atoms with E-state index in [9.17, 15) is 9.59 Å². The first-order valence-electron chi connectivity index (χ1n) is 7.24. The summed E-state index contributed by atoms with van der Waals surface area (Å²) in [5.41, 5.74) is 1.08. The van der Waals surface area contributed by atoms with Crippen molar-refractivity contribution in [2.75, 3.05) is 19.6 Å². The molecule has 2 rings (SSSR count). The summed E-state index contributed by atoms with van der Waals surface area (Å²) in [6.45, 7) is 2.08. The van der Waals surface area contributed by atoms with E-state index in [4.69, 9.17) is 4.74 Å². The maximum Gasteiger partial charge on any atom is 0.327 e. The Morgan fingerprint density at radius 3 is 2.40 bits per heavy atom. The molecule has 0 bridgehead atoms. The lowest BCUT2D eigenvalue weighted by molar-refractivity contribution is -0.160. The first kappa shape index (κ1) is 14.7. The standard InChI is InChI=1S/C16H21NO3/c18-15(10-9-14-7-3-1-4-8-14)20-16(19)13-17-11-5-2-6-12-17/h1,3-4,7-8H,2,5-6,9-13H2. The fourth-order valence-electron chi connectivity index (χ4n) is 2.40. The van der Waals surface area contributed by atoms with E-state index in [0.29, 0.717) is 6.42 Å². The molecule has 0 N–H and O–H groups in total. The Hall–Kier alpha value is -1.68. The van der Waals surface area contributed by atoms with E-state index in [1.807, 2.05) is 30.3 Å². The van der Waals surface area contributed by atoms with Crippen LogP contribution in [-0.2, 0) is 20.7 Å². The largest absolute Gasteiger partial charge is 0.392 e. The van der Waals surface area contributed by atoms with E-state index < -0.39 is 11.9 Å². The molecule has 0 aromatic heterocycles. The third-order valence-electron chi connectivity index (χ3n) is 3.49. The number of esters is 2. The monoisotopic (exact) mass is 275 g/mol. The molecule has 0 atom stereocenters. The predicted molar refractivity (Wildman–Crippen MR) is 76.2 cm³/mol. The van der Waals surface area contributed by atoms with E-state index in [-0.39, 0.29) is 13.0 Å². The maximum atomic E-state index is 11.6. The summed E-state index contributed by atoms with van der Waals surface area (Å²) >= 11 is 0. The van der Waals surface area contributed by atoms with Gasteiger partial charge in [0.15, 0.2) is 0 Å². The van der Waals surface area contributed by atoms with Crippen LogP contribution in [0.5, 0.6) is 0 Å². The van der Waals surface area contributed by atoms with Crippen LogP contribution in [0.1, 0.15) is 31.2 Å². The molecule has 1 aromatic rings. The van der Waals surface area contributed by atoms with Crippen molar-refractivity contribution in [1.29, 1.82) is 0 Å². The summed E-state index contributed by atoms with van der Waals surface area (Å²) in [6, 6.07) is 9.72.